The highest BCUT2D eigenvalue weighted by atomic mass is 16.4. The quantitative estimate of drug-likeness (QED) is 0.405. The van der Waals surface area contributed by atoms with Crippen LogP contribution < -0.4 is 5.32 Å². The Morgan fingerprint density at radius 2 is 1.62 bits per heavy atom. The molecule has 0 aromatic carbocycles. The topological polar surface area (TPSA) is 93.0 Å². The minimum atomic E-state index is -1.29. The summed E-state index contributed by atoms with van der Waals surface area (Å²) in [5.74, 6) is 0. The van der Waals surface area contributed by atoms with Gasteiger partial charge < -0.3 is 25.7 Å². The average molecular weight is 233 g/mol. The maximum atomic E-state index is 9.57. The molecule has 5 nitrogen and oxygen atoms in total. The van der Waals surface area contributed by atoms with Crippen LogP contribution in [-0.4, -0.2) is 57.9 Å². The first kappa shape index (κ1) is 13.9. The highest BCUT2D eigenvalue weighted by molar-refractivity contribution is 4.79. The Hall–Kier alpha value is -0.200. The molecule has 0 saturated heterocycles. The van der Waals surface area contributed by atoms with Gasteiger partial charge in [-0.15, -0.1) is 0 Å². The Morgan fingerprint density at radius 1 is 1.00 bits per heavy atom. The van der Waals surface area contributed by atoms with E-state index in [-0.39, 0.29) is 6.54 Å². The summed E-state index contributed by atoms with van der Waals surface area (Å²) in [5, 5.41) is 39.9. The van der Waals surface area contributed by atoms with Crippen molar-refractivity contribution >= 4 is 0 Å². The Balaban J connectivity index is 2.20. The summed E-state index contributed by atoms with van der Waals surface area (Å²) in [6, 6.07) is 0.405. The van der Waals surface area contributed by atoms with E-state index >= 15 is 0 Å². The molecule has 0 amide bonds. The van der Waals surface area contributed by atoms with Gasteiger partial charge >= 0.3 is 0 Å². The van der Waals surface area contributed by atoms with Gasteiger partial charge in [-0.2, -0.15) is 0 Å². The Labute approximate surface area is 96.1 Å². The highest BCUT2D eigenvalue weighted by Gasteiger charge is 2.24. The predicted octanol–water partition coefficient (Wildman–Crippen LogP) is -1.02. The molecular weight excluding hydrogens is 210 g/mol. The smallest absolute Gasteiger partial charge is 0.109 e. The molecule has 0 bridgehead atoms. The normalized spacial score (nSPS) is 24.0. The molecule has 0 aromatic rings. The lowest BCUT2D eigenvalue weighted by Crippen LogP contribution is -2.47. The second-order valence-electron chi connectivity index (χ2n) is 4.55. The lowest BCUT2D eigenvalue weighted by Gasteiger charge is -2.27. The molecule has 1 saturated carbocycles. The Morgan fingerprint density at radius 3 is 2.19 bits per heavy atom. The van der Waals surface area contributed by atoms with Crippen molar-refractivity contribution in [2.24, 2.45) is 0 Å². The lowest BCUT2D eigenvalue weighted by molar-refractivity contribution is -0.0757. The highest BCUT2D eigenvalue weighted by Crippen LogP contribution is 2.17. The number of aliphatic hydroxyl groups excluding tert-OH is 4. The van der Waals surface area contributed by atoms with Gasteiger partial charge in [-0.3, -0.25) is 0 Å². The van der Waals surface area contributed by atoms with E-state index in [1.165, 1.54) is 19.3 Å². The maximum Gasteiger partial charge on any atom is 0.109 e. The number of hydrogen-bond donors (Lipinski definition) is 5. The molecule has 5 heteroatoms. The zero-order chi connectivity index (χ0) is 12.0. The fourth-order valence-corrected chi connectivity index (χ4v) is 2.08. The Kier molecular flexibility index (Phi) is 6.23. The molecule has 1 fully saturated rings. The molecule has 1 aliphatic rings. The van der Waals surface area contributed by atoms with Crippen LogP contribution in [-0.2, 0) is 0 Å². The molecule has 0 aliphatic heterocycles. The van der Waals surface area contributed by atoms with Crippen molar-refractivity contribution in [2.75, 3.05) is 13.2 Å². The Bertz CT molecular complexity index is 185. The first-order valence-electron chi connectivity index (χ1n) is 6.03. The third kappa shape index (κ3) is 4.35. The van der Waals surface area contributed by atoms with Gasteiger partial charge in [0.2, 0.25) is 0 Å². The monoisotopic (exact) mass is 233 g/mol. The third-order valence-corrected chi connectivity index (χ3v) is 3.20. The zero-order valence-electron chi connectivity index (χ0n) is 9.55. The van der Waals surface area contributed by atoms with Crippen LogP contribution in [0.25, 0.3) is 0 Å². The lowest BCUT2D eigenvalue weighted by atomic mass is 9.95. The van der Waals surface area contributed by atoms with Gasteiger partial charge in [-0.25, -0.2) is 0 Å². The van der Waals surface area contributed by atoms with Crippen molar-refractivity contribution in [3.8, 4) is 0 Å². The van der Waals surface area contributed by atoms with Crippen LogP contribution in [0, 0.1) is 0 Å². The van der Waals surface area contributed by atoms with Crippen molar-refractivity contribution in [3.63, 3.8) is 0 Å². The van der Waals surface area contributed by atoms with E-state index in [1.54, 1.807) is 0 Å². The van der Waals surface area contributed by atoms with Crippen LogP contribution in [0.15, 0.2) is 0 Å². The molecule has 1 aliphatic carbocycles. The molecule has 0 radical (unpaired) electrons. The molecule has 0 heterocycles. The predicted molar refractivity (Wildman–Crippen MR) is 60.0 cm³/mol. The van der Waals surface area contributed by atoms with Gasteiger partial charge in [0, 0.05) is 12.6 Å². The van der Waals surface area contributed by atoms with Crippen LogP contribution in [0.5, 0.6) is 0 Å². The second kappa shape index (κ2) is 7.19. The standard InChI is InChI=1S/C11H23NO4/c13-7-10(15)11(16)9(14)6-12-8-4-2-1-3-5-8/h8-16H,1-7H2/t9-,10-,11+/m1/s1. The van der Waals surface area contributed by atoms with Crippen molar-refractivity contribution < 1.29 is 20.4 Å². The minimum Gasteiger partial charge on any atom is -0.394 e. The van der Waals surface area contributed by atoms with E-state index in [0.717, 1.165) is 12.8 Å². The van der Waals surface area contributed by atoms with E-state index in [2.05, 4.69) is 5.32 Å². The van der Waals surface area contributed by atoms with Gasteiger partial charge in [0.25, 0.3) is 0 Å². The zero-order valence-corrected chi connectivity index (χ0v) is 9.55. The molecule has 5 N–H and O–H groups in total. The van der Waals surface area contributed by atoms with E-state index in [0.29, 0.717) is 6.04 Å². The molecule has 0 aromatic heterocycles. The van der Waals surface area contributed by atoms with E-state index in [9.17, 15) is 10.2 Å². The number of nitrogens with one attached hydrogen (secondary N) is 1. The minimum absolute atomic E-state index is 0.253. The van der Waals surface area contributed by atoms with Crippen LogP contribution >= 0.6 is 0 Å². The number of aliphatic hydroxyl groups is 4. The molecule has 0 spiro atoms. The van der Waals surface area contributed by atoms with Crippen LogP contribution in [0.4, 0.5) is 0 Å². The molecular formula is C11H23NO4. The first-order valence-corrected chi connectivity index (χ1v) is 6.03. The van der Waals surface area contributed by atoms with Crippen molar-refractivity contribution in [1.82, 2.24) is 5.32 Å². The third-order valence-electron chi connectivity index (χ3n) is 3.20. The van der Waals surface area contributed by atoms with Gasteiger partial charge in [0.05, 0.1) is 12.7 Å². The maximum absolute atomic E-state index is 9.57. The summed E-state index contributed by atoms with van der Waals surface area (Å²) in [6.07, 6.45) is 2.28. The van der Waals surface area contributed by atoms with Crippen molar-refractivity contribution in [3.05, 3.63) is 0 Å². The molecule has 0 unspecified atom stereocenters. The summed E-state index contributed by atoms with van der Waals surface area (Å²) in [5.41, 5.74) is 0. The summed E-state index contributed by atoms with van der Waals surface area (Å²) in [6.45, 7) is -0.287. The fourth-order valence-electron chi connectivity index (χ4n) is 2.08. The average Bonchev–Trinajstić information content (AvgIpc) is 2.35. The molecule has 96 valence electrons. The van der Waals surface area contributed by atoms with E-state index in [4.69, 9.17) is 10.2 Å². The summed E-state index contributed by atoms with van der Waals surface area (Å²) in [7, 11) is 0. The molecule has 3 atom stereocenters. The van der Waals surface area contributed by atoms with Gasteiger partial charge in [0.1, 0.15) is 12.2 Å². The van der Waals surface area contributed by atoms with Gasteiger partial charge in [-0.05, 0) is 12.8 Å². The molecule has 16 heavy (non-hydrogen) atoms. The fraction of sp³-hybridized carbons (Fsp3) is 1.00. The summed E-state index contributed by atoms with van der Waals surface area (Å²) >= 11 is 0. The molecule has 1 rings (SSSR count). The van der Waals surface area contributed by atoms with Crippen molar-refractivity contribution in [1.29, 1.82) is 0 Å². The van der Waals surface area contributed by atoms with E-state index < -0.39 is 24.9 Å². The van der Waals surface area contributed by atoms with Crippen LogP contribution in [0.2, 0.25) is 0 Å². The van der Waals surface area contributed by atoms with Crippen molar-refractivity contribution in [2.45, 2.75) is 56.5 Å². The number of rotatable bonds is 6. The van der Waals surface area contributed by atoms with Crippen LogP contribution in [0.3, 0.4) is 0 Å². The first-order chi connectivity index (χ1) is 7.65. The largest absolute Gasteiger partial charge is 0.394 e. The van der Waals surface area contributed by atoms with Gasteiger partial charge in [-0.1, -0.05) is 19.3 Å². The SMILES string of the molecule is OC[C@@H](O)[C@@H](O)[C@H](O)CNC1CCCCC1. The summed E-state index contributed by atoms with van der Waals surface area (Å²) < 4.78 is 0. The number of hydrogen-bond acceptors (Lipinski definition) is 5. The van der Waals surface area contributed by atoms with Crippen LogP contribution in [0.1, 0.15) is 32.1 Å². The van der Waals surface area contributed by atoms with E-state index in [1.807, 2.05) is 0 Å². The summed E-state index contributed by atoms with van der Waals surface area (Å²) in [4.78, 5) is 0. The van der Waals surface area contributed by atoms with Gasteiger partial charge in [0.15, 0.2) is 0 Å². The second-order valence-corrected chi connectivity index (χ2v) is 4.55.